The minimum Gasteiger partial charge on any atom is -0.351 e. The van der Waals surface area contributed by atoms with Gasteiger partial charge in [0.15, 0.2) is 0 Å². The predicted octanol–water partition coefficient (Wildman–Crippen LogP) is 2.05. The highest BCUT2D eigenvalue weighted by Gasteiger charge is 2.23. The Morgan fingerprint density at radius 2 is 2.05 bits per heavy atom. The summed E-state index contributed by atoms with van der Waals surface area (Å²) in [5.41, 5.74) is 2.98. The molecular weight excluding hydrogens is 266 g/mol. The van der Waals surface area contributed by atoms with E-state index < -0.39 is 0 Å². The molecule has 2 heterocycles. The molecule has 112 valence electrons. The molecule has 0 spiro atoms. The van der Waals surface area contributed by atoms with Crippen molar-refractivity contribution in [2.75, 3.05) is 33.3 Å². The summed E-state index contributed by atoms with van der Waals surface area (Å²) in [5, 5.41) is 3.03. The minimum absolute atomic E-state index is 0.0732. The van der Waals surface area contributed by atoms with E-state index in [4.69, 9.17) is 4.84 Å². The van der Waals surface area contributed by atoms with Gasteiger partial charge in [0.25, 0.3) is 5.91 Å². The first-order valence-corrected chi connectivity index (χ1v) is 7.42. The van der Waals surface area contributed by atoms with Gasteiger partial charge in [-0.1, -0.05) is 19.1 Å². The number of hydroxylamine groups is 2. The first-order valence-electron chi connectivity index (χ1n) is 7.42. The fourth-order valence-corrected chi connectivity index (χ4v) is 2.89. The number of amides is 1. The second kappa shape index (κ2) is 5.87. The number of hydrogen-bond acceptors (Lipinski definition) is 3. The molecule has 0 bridgehead atoms. The van der Waals surface area contributed by atoms with Crippen LogP contribution in [0.25, 0.3) is 10.9 Å². The topological polar surface area (TPSA) is 48.6 Å². The van der Waals surface area contributed by atoms with Crippen molar-refractivity contribution >= 4 is 16.8 Å². The summed E-state index contributed by atoms with van der Waals surface area (Å²) in [7, 11) is 1.67. The summed E-state index contributed by atoms with van der Waals surface area (Å²) < 4.78 is 0. The Morgan fingerprint density at radius 1 is 1.29 bits per heavy atom. The molecule has 1 aliphatic rings. The fraction of sp³-hybridized carbons (Fsp3) is 0.438. The highest BCUT2D eigenvalue weighted by molar-refractivity contribution is 5.98. The van der Waals surface area contributed by atoms with E-state index in [-0.39, 0.29) is 5.91 Å². The van der Waals surface area contributed by atoms with Crippen molar-refractivity contribution in [1.29, 1.82) is 0 Å². The molecule has 5 nitrogen and oxygen atoms in total. The molecule has 0 aliphatic carbocycles. The average Bonchev–Trinajstić information content (AvgIpc) is 2.98. The zero-order valence-electron chi connectivity index (χ0n) is 12.6. The van der Waals surface area contributed by atoms with Crippen LogP contribution in [0.3, 0.4) is 0 Å². The normalized spacial score (nSPS) is 16.6. The molecule has 0 saturated carbocycles. The van der Waals surface area contributed by atoms with Gasteiger partial charge in [-0.2, -0.15) is 5.06 Å². The van der Waals surface area contributed by atoms with Gasteiger partial charge in [-0.15, -0.1) is 0 Å². The van der Waals surface area contributed by atoms with Gasteiger partial charge in [0.1, 0.15) is 5.69 Å². The summed E-state index contributed by atoms with van der Waals surface area (Å²) in [6.07, 6.45) is 0.968. The Bertz CT molecular complexity index is 642. The first kappa shape index (κ1) is 14.1. The van der Waals surface area contributed by atoms with Gasteiger partial charge in [0.2, 0.25) is 0 Å². The molecule has 0 radical (unpaired) electrons. The van der Waals surface area contributed by atoms with Crippen LogP contribution >= 0.6 is 0 Å². The maximum Gasteiger partial charge on any atom is 0.270 e. The highest BCUT2D eigenvalue weighted by atomic mass is 16.7. The quantitative estimate of drug-likeness (QED) is 0.940. The van der Waals surface area contributed by atoms with Crippen LogP contribution in [-0.2, 0) is 11.3 Å². The molecule has 1 saturated heterocycles. The van der Waals surface area contributed by atoms with Crippen molar-refractivity contribution in [3.05, 3.63) is 35.5 Å². The molecule has 5 heteroatoms. The molecule has 1 aromatic carbocycles. The SMILES string of the molecule is CCc1cccc2[nH]c(C(=O)N3CCN(OC)CC3)cc12. The molecule has 0 atom stereocenters. The number of rotatable bonds is 3. The van der Waals surface area contributed by atoms with E-state index in [2.05, 4.69) is 18.0 Å². The Balaban J connectivity index is 1.82. The second-order valence-electron chi connectivity index (χ2n) is 5.32. The number of aromatic nitrogens is 1. The maximum absolute atomic E-state index is 12.6. The number of hydrogen-bond donors (Lipinski definition) is 1. The van der Waals surface area contributed by atoms with E-state index in [0.29, 0.717) is 18.8 Å². The molecule has 2 aromatic rings. The van der Waals surface area contributed by atoms with Crippen LogP contribution in [0, 0.1) is 0 Å². The number of benzene rings is 1. The van der Waals surface area contributed by atoms with Crippen LogP contribution in [0.4, 0.5) is 0 Å². The van der Waals surface area contributed by atoms with Gasteiger partial charge in [-0.3, -0.25) is 4.79 Å². The van der Waals surface area contributed by atoms with E-state index >= 15 is 0 Å². The van der Waals surface area contributed by atoms with Crippen molar-refractivity contribution in [2.45, 2.75) is 13.3 Å². The molecule has 1 N–H and O–H groups in total. The largest absolute Gasteiger partial charge is 0.351 e. The number of piperazine rings is 1. The van der Waals surface area contributed by atoms with Gasteiger partial charge in [0.05, 0.1) is 7.11 Å². The Morgan fingerprint density at radius 3 is 2.71 bits per heavy atom. The maximum atomic E-state index is 12.6. The lowest BCUT2D eigenvalue weighted by atomic mass is 10.1. The lowest BCUT2D eigenvalue weighted by molar-refractivity contribution is -0.147. The molecular formula is C16H21N3O2. The molecule has 1 amide bonds. The molecule has 1 aromatic heterocycles. The van der Waals surface area contributed by atoms with Crippen molar-refractivity contribution in [3.8, 4) is 0 Å². The predicted molar refractivity (Wildman–Crippen MR) is 82.2 cm³/mol. The van der Waals surface area contributed by atoms with Crippen molar-refractivity contribution < 1.29 is 9.63 Å². The Kier molecular flexibility index (Phi) is 3.94. The Labute approximate surface area is 124 Å². The lowest BCUT2D eigenvalue weighted by Crippen LogP contribution is -2.48. The number of carbonyl (C=O) groups is 1. The summed E-state index contributed by atoms with van der Waals surface area (Å²) in [6.45, 7) is 5.03. The van der Waals surface area contributed by atoms with Crippen molar-refractivity contribution in [3.63, 3.8) is 0 Å². The summed E-state index contributed by atoms with van der Waals surface area (Å²) in [5.74, 6) is 0.0732. The molecule has 21 heavy (non-hydrogen) atoms. The van der Waals surface area contributed by atoms with Crippen LogP contribution in [0.15, 0.2) is 24.3 Å². The molecule has 0 unspecified atom stereocenters. The number of aromatic amines is 1. The van der Waals surface area contributed by atoms with Crippen molar-refractivity contribution in [2.24, 2.45) is 0 Å². The fourth-order valence-electron chi connectivity index (χ4n) is 2.89. The van der Waals surface area contributed by atoms with Gasteiger partial charge < -0.3 is 14.7 Å². The van der Waals surface area contributed by atoms with E-state index in [1.165, 1.54) is 5.56 Å². The number of fused-ring (bicyclic) bond motifs is 1. The van der Waals surface area contributed by atoms with Gasteiger partial charge in [0, 0.05) is 37.1 Å². The monoisotopic (exact) mass is 287 g/mol. The average molecular weight is 287 g/mol. The number of nitrogens with zero attached hydrogens (tertiary/aromatic N) is 2. The van der Waals surface area contributed by atoms with Crippen LogP contribution in [0.1, 0.15) is 23.0 Å². The summed E-state index contributed by atoms with van der Waals surface area (Å²) in [6, 6.07) is 8.15. The third-order valence-electron chi connectivity index (χ3n) is 4.15. The zero-order valence-corrected chi connectivity index (χ0v) is 12.6. The van der Waals surface area contributed by atoms with E-state index in [1.807, 2.05) is 28.2 Å². The summed E-state index contributed by atoms with van der Waals surface area (Å²) >= 11 is 0. The van der Waals surface area contributed by atoms with Crippen LogP contribution in [0.5, 0.6) is 0 Å². The minimum atomic E-state index is 0.0732. The Hall–Kier alpha value is -1.85. The van der Waals surface area contributed by atoms with Crippen LogP contribution in [0.2, 0.25) is 0 Å². The smallest absolute Gasteiger partial charge is 0.270 e. The van der Waals surface area contributed by atoms with Crippen LogP contribution in [-0.4, -0.2) is 54.1 Å². The van der Waals surface area contributed by atoms with E-state index in [9.17, 15) is 4.79 Å². The first-order chi connectivity index (χ1) is 10.2. The summed E-state index contributed by atoms with van der Waals surface area (Å²) in [4.78, 5) is 22.9. The lowest BCUT2D eigenvalue weighted by Gasteiger charge is -2.32. The van der Waals surface area contributed by atoms with Crippen molar-refractivity contribution in [1.82, 2.24) is 14.9 Å². The highest BCUT2D eigenvalue weighted by Crippen LogP contribution is 2.21. The van der Waals surface area contributed by atoms with Gasteiger partial charge in [-0.05, 0) is 24.1 Å². The number of carbonyl (C=O) groups excluding carboxylic acids is 1. The van der Waals surface area contributed by atoms with E-state index in [1.54, 1.807) is 7.11 Å². The molecule has 3 rings (SSSR count). The zero-order chi connectivity index (χ0) is 14.8. The number of H-pyrrole nitrogens is 1. The molecule has 1 aliphatic heterocycles. The van der Waals surface area contributed by atoms with Crippen LogP contribution < -0.4 is 0 Å². The van der Waals surface area contributed by atoms with Gasteiger partial charge in [-0.25, -0.2) is 0 Å². The third-order valence-corrected chi connectivity index (χ3v) is 4.15. The molecule has 1 fully saturated rings. The van der Waals surface area contributed by atoms with Gasteiger partial charge >= 0.3 is 0 Å². The second-order valence-corrected chi connectivity index (χ2v) is 5.32. The standard InChI is InChI=1S/C16H21N3O2/c1-3-12-5-4-6-14-13(12)11-15(17-14)16(20)18-7-9-19(21-2)10-8-18/h4-6,11,17H,3,7-10H2,1-2H3. The van der Waals surface area contributed by atoms with E-state index in [0.717, 1.165) is 30.4 Å². The number of aryl methyl sites for hydroxylation is 1. The third kappa shape index (κ3) is 2.66. The number of nitrogens with one attached hydrogen (secondary N) is 1.